The van der Waals surface area contributed by atoms with Crippen molar-refractivity contribution in [3.05, 3.63) is 18.2 Å². The minimum absolute atomic E-state index is 0.0242. The highest BCUT2D eigenvalue weighted by atomic mass is 32.2. The number of benzene rings is 1. The normalized spacial score (nSPS) is 23.7. The Labute approximate surface area is 136 Å². The first kappa shape index (κ1) is 16.3. The average Bonchev–Trinajstić information content (AvgIpc) is 2.47. The van der Waals surface area contributed by atoms with E-state index in [4.69, 9.17) is 9.47 Å². The van der Waals surface area contributed by atoms with Gasteiger partial charge in [0.15, 0.2) is 9.84 Å². The lowest BCUT2D eigenvalue weighted by Crippen LogP contribution is -2.47. The molecule has 2 aliphatic rings. The molecule has 1 fully saturated rings. The summed E-state index contributed by atoms with van der Waals surface area (Å²) in [5, 5.41) is 0. The Morgan fingerprint density at radius 1 is 1.39 bits per heavy atom. The van der Waals surface area contributed by atoms with E-state index in [1.165, 1.54) is 12.1 Å². The first-order chi connectivity index (χ1) is 10.9. The molecule has 0 saturated heterocycles. The summed E-state index contributed by atoms with van der Waals surface area (Å²) in [6.45, 7) is 3.46. The van der Waals surface area contributed by atoms with Crippen LogP contribution in [0.2, 0.25) is 0 Å². The van der Waals surface area contributed by atoms with Gasteiger partial charge in [-0.3, -0.25) is 4.79 Å². The number of rotatable bonds is 4. The highest BCUT2D eigenvalue weighted by Gasteiger charge is 2.39. The Morgan fingerprint density at radius 2 is 2.13 bits per heavy atom. The van der Waals surface area contributed by atoms with Gasteiger partial charge in [-0.15, -0.1) is 0 Å². The van der Waals surface area contributed by atoms with E-state index in [9.17, 15) is 13.2 Å². The second-order valence-electron chi connectivity index (χ2n) is 5.99. The number of anilines is 1. The molecule has 0 radical (unpaired) electrons. The molecule has 0 unspecified atom stereocenters. The lowest BCUT2D eigenvalue weighted by atomic mass is 9.81. The predicted octanol–water partition coefficient (Wildman–Crippen LogP) is 1.63. The van der Waals surface area contributed by atoms with Crippen molar-refractivity contribution in [3.63, 3.8) is 0 Å². The molecule has 6 nitrogen and oxygen atoms in total. The van der Waals surface area contributed by atoms with E-state index < -0.39 is 9.84 Å². The molecular formula is C16H21NO5S. The molecule has 1 aromatic carbocycles. The van der Waals surface area contributed by atoms with Crippen molar-refractivity contribution < 1.29 is 22.7 Å². The largest absolute Gasteiger partial charge is 0.490 e. The Hall–Kier alpha value is -1.60. The van der Waals surface area contributed by atoms with E-state index in [-0.39, 0.29) is 22.8 Å². The smallest absolute Gasteiger partial charge is 0.230 e. The fourth-order valence-corrected chi connectivity index (χ4v) is 3.66. The summed E-state index contributed by atoms with van der Waals surface area (Å²) in [5.41, 5.74) is 0.545. The third-order valence-corrected chi connectivity index (χ3v) is 5.44. The molecule has 0 N–H and O–H groups in total. The first-order valence-corrected chi connectivity index (χ1v) is 9.69. The summed E-state index contributed by atoms with van der Waals surface area (Å²) in [6.07, 6.45) is 2.77. The number of sulfone groups is 1. The molecule has 1 amide bonds. The SMILES string of the molecule is CCOC1CC(C(=O)N2CCOc3ccc(S(C)(=O)=O)cc32)C1. The van der Waals surface area contributed by atoms with Gasteiger partial charge in [-0.25, -0.2) is 8.42 Å². The van der Waals surface area contributed by atoms with Crippen molar-refractivity contribution in [3.8, 4) is 5.75 Å². The number of hydrogen-bond donors (Lipinski definition) is 0. The minimum atomic E-state index is -3.33. The maximum Gasteiger partial charge on any atom is 0.230 e. The van der Waals surface area contributed by atoms with E-state index in [1.807, 2.05) is 6.92 Å². The zero-order chi connectivity index (χ0) is 16.6. The summed E-state index contributed by atoms with van der Waals surface area (Å²) in [7, 11) is -3.33. The van der Waals surface area contributed by atoms with Crippen LogP contribution in [-0.4, -0.2) is 46.4 Å². The van der Waals surface area contributed by atoms with Crippen LogP contribution >= 0.6 is 0 Å². The topological polar surface area (TPSA) is 72.9 Å². The number of fused-ring (bicyclic) bond motifs is 1. The molecule has 23 heavy (non-hydrogen) atoms. The van der Waals surface area contributed by atoms with Crippen molar-refractivity contribution in [2.24, 2.45) is 5.92 Å². The number of ether oxygens (including phenoxy) is 2. The van der Waals surface area contributed by atoms with Crippen molar-refractivity contribution in [2.45, 2.75) is 30.8 Å². The minimum Gasteiger partial charge on any atom is -0.490 e. The Kier molecular flexibility index (Phi) is 4.33. The fourth-order valence-electron chi connectivity index (χ4n) is 3.02. The Morgan fingerprint density at radius 3 is 2.78 bits per heavy atom. The zero-order valence-corrected chi connectivity index (χ0v) is 14.1. The maximum atomic E-state index is 12.7. The molecule has 7 heteroatoms. The molecule has 126 valence electrons. The van der Waals surface area contributed by atoms with Gasteiger partial charge in [0.1, 0.15) is 12.4 Å². The first-order valence-electron chi connectivity index (χ1n) is 7.80. The number of carbonyl (C=O) groups excluding carboxylic acids is 1. The highest BCUT2D eigenvalue weighted by molar-refractivity contribution is 7.90. The molecule has 1 aromatic rings. The second kappa shape index (κ2) is 6.13. The van der Waals surface area contributed by atoms with Gasteiger partial charge in [-0.05, 0) is 38.0 Å². The van der Waals surface area contributed by atoms with Gasteiger partial charge in [0.05, 0.1) is 23.2 Å². The van der Waals surface area contributed by atoms with Crippen LogP contribution in [0.25, 0.3) is 0 Å². The van der Waals surface area contributed by atoms with Crippen LogP contribution in [-0.2, 0) is 19.4 Å². The molecule has 1 aliphatic heterocycles. The van der Waals surface area contributed by atoms with Gasteiger partial charge in [0.2, 0.25) is 5.91 Å². The van der Waals surface area contributed by atoms with E-state index in [1.54, 1.807) is 11.0 Å². The van der Waals surface area contributed by atoms with Crippen LogP contribution in [0.15, 0.2) is 23.1 Å². The van der Waals surface area contributed by atoms with Crippen molar-refractivity contribution in [1.29, 1.82) is 0 Å². The summed E-state index contributed by atoms with van der Waals surface area (Å²) in [4.78, 5) is 14.6. The van der Waals surface area contributed by atoms with Gasteiger partial charge in [-0.2, -0.15) is 0 Å². The third-order valence-electron chi connectivity index (χ3n) is 4.33. The lowest BCUT2D eigenvalue weighted by Gasteiger charge is -2.39. The predicted molar refractivity (Wildman–Crippen MR) is 85.5 cm³/mol. The standard InChI is InChI=1S/C16H21NO5S/c1-3-21-12-8-11(9-12)16(18)17-6-7-22-15-5-4-13(10-14(15)17)23(2,19)20/h4-5,10-12H,3,6-9H2,1-2H3. The lowest BCUT2D eigenvalue weighted by molar-refractivity contribution is -0.131. The molecule has 1 saturated carbocycles. The molecule has 3 rings (SSSR count). The van der Waals surface area contributed by atoms with Crippen molar-refractivity contribution in [1.82, 2.24) is 0 Å². The van der Waals surface area contributed by atoms with E-state index in [0.717, 1.165) is 19.1 Å². The molecule has 1 aliphatic carbocycles. The molecule has 0 aromatic heterocycles. The van der Waals surface area contributed by atoms with Gasteiger partial charge < -0.3 is 14.4 Å². The summed E-state index contributed by atoms with van der Waals surface area (Å²) in [6, 6.07) is 4.66. The number of hydrogen-bond acceptors (Lipinski definition) is 5. The Bertz CT molecular complexity index is 709. The highest BCUT2D eigenvalue weighted by Crippen LogP contribution is 2.38. The molecule has 0 atom stereocenters. The summed E-state index contributed by atoms with van der Waals surface area (Å²) >= 11 is 0. The molecular weight excluding hydrogens is 318 g/mol. The molecule has 0 bridgehead atoms. The van der Waals surface area contributed by atoms with E-state index >= 15 is 0 Å². The molecule has 1 heterocycles. The van der Waals surface area contributed by atoms with E-state index in [2.05, 4.69) is 0 Å². The number of nitrogens with zero attached hydrogens (tertiary/aromatic N) is 1. The monoisotopic (exact) mass is 339 g/mol. The maximum absolute atomic E-state index is 12.7. The quantitative estimate of drug-likeness (QED) is 0.834. The Balaban J connectivity index is 1.82. The average molecular weight is 339 g/mol. The number of carbonyl (C=O) groups is 1. The van der Waals surface area contributed by atoms with Gasteiger partial charge in [-0.1, -0.05) is 0 Å². The van der Waals surface area contributed by atoms with Crippen LogP contribution in [0.4, 0.5) is 5.69 Å². The van der Waals surface area contributed by atoms with Gasteiger partial charge in [0.25, 0.3) is 0 Å². The summed E-state index contributed by atoms with van der Waals surface area (Å²) in [5.74, 6) is 0.522. The van der Waals surface area contributed by atoms with Gasteiger partial charge >= 0.3 is 0 Å². The van der Waals surface area contributed by atoms with Crippen LogP contribution < -0.4 is 9.64 Å². The van der Waals surface area contributed by atoms with Gasteiger partial charge in [0, 0.05) is 18.8 Å². The summed E-state index contributed by atoms with van der Waals surface area (Å²) < 4.78 is 34.6. The van der Waals surface area contributed by atoms with Crippen LogP contribution in [0.3, 0.4) is 0 Å². The number of amides is 1. The van der Waals surface area contributed by atoms with Crippen LogP contribution in [0, 0.1) is 5.92 Å². The third kappa shape index (κ3) is 3.21. The fraction of sp³-hybridized carbons (Fsp3) is 0.562. The van der Waals surface area contributed by atoms with Crippen LogP contribution in [0.1, 0.15) is 19.8 Å². The van der Waals surface area contributed by atoms with E-state index in [0.29, 0.717) is 31.2 Å². The second-order valence-corrected chi connectivity index (χ2v) is 8.00. The van der Waals surface area contributed by atoms with Crippen molar-refractivity contribution in [2.75, 3.05) is 30.9 Å². The van der Waals surface area contributed by atoms with Crippen molar-refractivity contribution >= 4 is 21.4 Å². The zero-order valence-electron chi connectivity index (χ0n) is 13.3. The molecule has 0 spiro atoms. The van der Waals surface area contributed by atoms with Crippen LogP contribution in [0.5, 0.6) is 5.75 Å².